The van der Waals surface area contributed by atoms with Gasteiger partial charge in [-0.3, -0.25) is 4.79 Å². The minimum Gasteiger partial charge on any atom is -0.341 e. The number of nitriles is 1. The molecule has 2 rings (SSSR count). The summed E-state index contributed by atoms with van der Waals surface area (Å²) in [5.41, 5.74) is 1.15. The molecule has 1 atom stereocenters. The van der Waals surface area contributed by atoms with Crippen molar-refractivity contribution in [1.29, 1.82) is 5.26 Å². The zero-order valence-corrected chi connectivity index (χ0v) is 15.2. The summed E-state index contributed by atoms with van der Waals surface area (Å²) in [6.45, 7) is 0.461. The third kappa shape index (κ3) is 7.14. The first-order valence-electron chi connectivity index (χ1n) is 9.42. The van der Waals surface area contributed by atoms with Crippen molar-refractivity contribution in [2.75, 3.05) is 13.1 Å². The number of nitrogens with zero attached hydrogens (tertiary/aromatic N) is 1. The quantitative estimate of drug-likeness (QED) is 0.625. The van der Waals surface area contributed by atoms with E-state index in [-0.39, 0.29) is 18.5 Å². The van der Waals surface area contributed by atoms with E-state index in [1.165, 1.54) is 19.3 Å². The number of benzene rings is 1. The van der Waals surface area contributed by atoms with Crippen molar-refractivity contribution in [3.63, 3.8) is 0 Å². The first-order chi connectivity index (χ1) is 12.7. The first kappa shape index (κ1) is 19.8. The van der Waals surface area contributed by atoms with Crippen LogP contribution in [0, 0.1) is 17.2 Å². The fourth-order valence-corrected chi connectivity index (χ4v) is 3.41. The van der Waals surface area contributed by atoms with Gasteiger partial charge in [-0.2, -0.15) is 5.26 Å². The maximum atomic E-state index is 12.3. The number of hydrogen-bond acceptors (Lipinski definition) is 3. The Kier molecular flexibility index (Phi) is 8.47. The van der Waals surface area contributed by atoms with E-state index in [2.05, 4.69) is 16.0 Å². The molecule has 6 heteroatoms. The Labute approximate surface area is 155 Å². The molecule has 0 heterocycles. The van der Waals surface area contributed by atoms with Gasteiger partial charge >= 0.3 is 6.03 Å². The Morgan fingerprint density at radius 1 is 1.12 bits per heavy atom. The second kappa shape index (κ2) is 11.1. The van der Waals surface area contributed by atoms with E-state index in [1.54, 1.807) is 0 Å². The summed E-state index contributed by atoms with van der Waals surface area (Å²) < 4.78 is 0. The molecule has 26 heavy (non-hydrogen) atoms. The van der Waals surface area contributed by atoms with E-state index in [4.69, 9.17) is 5.26 Å². The molecule has 0 spiro atoms. The van der Waals surface area contributed by atoms with Crippen molar-refractivity contribution in [2.45, 2.75) is 51.0 Å². The summed E-state index contributed by atoms with van der Waals surface area (Å²) in [5.74, 6) is 0.168. The molecule has 3 amide bonds. The van der Waals surface area contributed by atoms with Crippen LogP contribution in [0.2, 0.25) is 0 Å². The van der Waals surface area contributed by atoms with Gasteiger partial charge in [0.05, 0.1) is 6.07 Å². The Hall–Kier alpha value is -2.55. The summed E-state index contributed by atoms with van der Waals surface area (Å²) in [6.07, 6.45) is 7.17. The van der Waals surface area contributed by atoms with Gasteiger partial charge < -0.3 is 16.0 Å². The molecule has 0 radical (unpaired) electrons. The Balaban J connectivity index is 1.82. The van der Waals surface area contributed by atoms with Crippen molar-refractivity contribution in [3.8, 4) is 6.07 Å². The van der Waals surface area contributed by atoms with Crippen molar-refractivity contribution in [2.24, 2.45) is 5.92 Å². The van der Waals surface area contributed by atoms with E-state index in [9.17, 15) is 9.59 Å². The molecule has 0 saturated heterocycles. The lowest BCUT2D eigenvalue weighted by Crippen LogP contribution is -2.51. The molecule has 0 aliphatic heterocycles. The SMILES string of the molecule is N#CCNC(=O)[C@H](CC1CCCCC1)NC(=O)NCCc1ccccc1. The highest BCUT2D eigenvalue weighted by atomic mass is 16.2. The molecule has 1 aromatic rings. The lowest BCUT2D eigenvalue weighted by molar-refractivity contribution is -0.123. The number of nitrogens with one attached hydrogen (secondary N) is 3. The third-order valence-corrected chi connectivity index (χ3v) is 4.80. The van der Waals surface area contributed by atoms with Gasteiger partial charge in [-0.05, 0) is 24.3 Å². The summed E-state index contributed by atoms with van der Waals surface area (Å²) in [5, 5.41) is 16.8. The standard InChI is InChI=1S/C20H28N4O2/c21-12-14-22-19(25)18(15-17-9-5-2-6-10-17)24-20(26)23-13-11-16-7-3-1-4-8-16/h1,3-4,7-8,17-18H,2,5-6,9-11,13-15H2,(H,22,25)(H2,23,24,26)/t18-/m0/s1. The van der Waals surface area contributed by atoms with E-state index in [0.29, 0.717) is 18.9 Å². The number of hydrogen-bond donors (Lipinski definition) is 3. The molecule has 1 aliphatic carbocycles. The van der Waals surface area contributed by atoms with Crippen LogP contribution in [-0.4, -0.2) is 31.1 Å². The van der Waals surface area contributed by atoms with Gasteiger partial charge in [0, 0.05) is 6.54 Å². The van der Waals surface area contributed by atoms with Crippen molar-refractivity contribution in [3.05, 3.63) is 35.9 Å². The average Bonchev–Trinajstić information content (AvgIpc) is 2.67. The van der Waals surface area contributed by atoms with E-state index < -0.39 is 6.04 Å². The third-order valence-electron chi connectivity index (χ3n) is 4.80. The van der Waals surface area contributed by atoms with Gasteiger partial charge in [-0.15, -0.1) is 0 Å². The molecule has 6 nitrogen and oxygen atoms in total. The average molecular weight is 356 g/mol. The molecule has 0 aromatic heterocycles. The number of carbonyl (C=O) groups is 2. The topological polar surface area (TPSA) is 94.0 Å². The van der Waals surface area contributed by atoms with Crippen molar-refractivity contribution in [1.82, 2.24) is 16.0 Å². The Morgan fingerprint density at radius 3 is 2.54 bits per heavy atom. The van der Waals surface area contributed by atoms with Gasteiger partial charge in [0.2, 0.25) is 5.91 Å². The number of urea groups is 1. The molecule has 0 unspecified atom stereocenters. The van der Waals surface area contributed by atoms with Gasteiger partial charge in [-0.25, -0.2) is 4.79 Å². The van der Waals surface area contributed by atoms with Crippen LogP contribution >= 0.6 is 0 Å². The van der Waals surface area contributed by atoms with Crippen LogP contribution in [0.5, 0.6) is 0 Å². The second-order valence-electron chi connectivity index (χ2n) is 6.80. The van der Waals surface area contributed by atoms with Crippen LogP contribution in [0.25, 0.3) is 0 Å². The van der Waals surface area contributed by atoms with Gasteiger partial charge in [0.1, 0.15) is 12.6 Å². The molecular formula is C20H28N4O2. The molecule has 1 aliphatic rings. The first-order valence-corrected chi connectivity index (χ1v) is 9.42. The van der Waals surface area contributed by atoms with Crippen LogP contribution < -0.4 is 16.0 Å². The Bertz CT molecular complexity index is 606. The highest BCUT2D eigenvalue weighted by Gasteiger charge is 2.25. The summed E-state index contributed by atoms with van der Waals surface area (Å²) in [7, 11) is 0. The summed E-state index contributed by atoms with van der Waals surface area (Å²) in [6, 6.07) is 10.9. The zero-order valence-electron chi connectivity index (χ0n) is 15.2. The number of rotatable bonds is 8. The minimum atomic E-state index is -0.594. The maximum absolute atomic E-state index is 12.3. The van der Waals surface area contributed by atoms with Gasteiger partial charge in [0.25, 0.3) is 0 Å². The molecule has 140 valence electrons. The summed E-state index contributed by atoms with van der Waals surface area (Å²) >= 11 is 0. The van der Waals surface area contributed by atoms with E-state index in [0.717, 1.165) is 24.8 Å². The Morgan fingerprint density at radius 2 is 1.85 bits per heavy atom. The highest BCUT2D eigenvalue weighted by molar-refractivity contribution is 5.87. The van der Waals surface area contributed by atoms with Crippen molar-refractivity contribution < 1.29 is 9.59 Å². The summed E-state index contributed by atoms with van der Waals surface area (Å²) in [4.78, 5) is 24.5. The number of amides is 3. The molecule has 1 saturated carbocycles. The largest absolute Gasteiger partial charge is 0.341 e. The molecule has 1 aromatic carbocycles. The molecule has 0 bridgehead atoms. The fraction of sp³-hybridized carbons (Fsp3) is 0.550. The molecule has 3 N–H and O–H groups in total. The van der Waals surface area contributed by atoms with Crippen LogP contribution in [-0.2, 0) is 11.2 Å². The highest BCUT2D eigenvalue weighted by Crippen LogP contribution is 2.27. The smallest absolute Gasteiger partial charge is 0.315 e. The van der Waals surface area contributed by atoms with Crippen LogP contribution in [0.15, 0.2) is 30.3 Å². The molecule has 1 fully saturated rings. The van der Waals surface area contributed by atoms with Crippen molar-refractivity contribution >= 4 is 11.9 Å². The fourth-order valence-electron chi connectivity index (χ4n) is 3.41. The number of carbonyl (C=O) groups excluding carboxylic acids is 2. The lowest BCUT2D eigenvalue weighted by atomic mass is 9.84. The van der Waals surface area contributed by atoms with Gasteiger partial charge in [-0.1, -0.05) is 62.4 Å². The second-order valence-corrected chi connectivity index (χ2v) is 6.80. The normalized spacial score (nSPS) is 15.5. The lowest BCUT2D eigenvalue weighted by Gasteiger charge is -2.26. The van der Waals surface area contributed by atoms with Crippen LogP contribution in [0.3, 0.4) is 0 Å². The van der Waals surface area contributed by atoms with E-state index >= 15 is 0 Å². The zero-order chi connectivity index (χ0) is 18.6. The van der Waals surface area contributed by atoms with Crippen LogP contribution in [0.4, 0.5) is 4.79 Å². The minimum absolute atomic E-state index is 0.0443. The molecular weight excluding hydrogens is 328 g/mol. The maximum Gasteiger partial charge on any atom is 0.315 e. The predicted molar refractivity (Wildman–Crippen MR) is 100 cm³/mol. The predicted octanol–water partition coefficient (Wildman–Crippen LogP) is 2.51. The van der Waals surface area contributed by atoms with E-state index in [1.807, 2.05) is 36.4 Å². The van der Waals surface area contributed by atoms with Crippen LogP contribution in [0.1, 0.15) is 44.1 Å². The monoisotopic (exact) mass is 356 g/mol. The van der Waals surface area contributed by atoms with Gasteiger partial charge in [0.15, 0.2) is 0 Å².